The molecule has 9 nitrogen and oxygen atoms in total. The molecule has 1 unspecified atom stereocenters. The van der Waals surface area contributed by atoms with Crippen molar-refractivity contribution in [3.63, 3.8) is 0 Å². The van der Waals surface area contributed by atoms with Crippen molar-refractivity contribution in [2.75, 3.05) is 5.32 Å². The van der Waals surface area contributed by atoms with Crippen LogP contribution in [0.2, 0.25) is 0 Å². The van der Waals surface area contributed by atoms with Crippen molar-refractivity contribution in [1.82, 2.24) is 5.32 Å². The lowest BCUT2D eigenvalue weighted by molar-refractivity contribution is -0.158. The lowest BCUT2D eigenvalue weighted by Gasteiger charge is -2.25. The lowest BCUT2D eigenvalue weighted by Crippen LogP contribution is -2.44. The highest BCUT2D eigenvalue weighted by Gasteiger charge is 2.28. The van der Waals surface area contributed by atoms with Gasteiger partial charge in [-0.05, 0) is 95.5 Å². The van der Waals surface area contributed by atoms with Crippen molar-refractivity contribution >= 4 is 40.4 Å². The molecule has 1 atom stereocenters. The molecule has 0 spiro atoms. The summed E-state index contributed by atoms with van der Waals surface area (Å²) in [5.41, 5.74) is 1.90. The van der Waals surface area contributed by atoms with Gasteiger partial charge in [-0.25, -0.2) is 4.79 Å². The van der Waals surface area contributed by atoms with Crippen LogP contribution < -0.4 is 10.6 Å². The predicted octanol–water partition coefficient (Wildman–Crippen LogP) is 6.91. The minimum Gasteiger partial charge on any atom is -0.460 e. The topological polar surface area (TPSA) is 124 Å². The number of hydrogen-bond donors (Lipinski definition) is 2. The number of carbonyl (C=O) groups is 4. The smallest absolute Gasteiger partial charge is 0.329 e. The number of rotatable bonds is 9. The van der Waals surface area contributed by atoms with E-state index in [1.165, 1.54) is 0 Å². The summed E-state index contributed by atoms with van der Waals surface area (Å²) in [5.74, 6) is -1.69. The molecule has 4 rings (SSSR count). The van der Waals surface area contributed by atoms with E-state index >= 15 is 0 Å². The number of furan rings is 1. The highest BCUT2D eigenvalue weighted by molar-refractivity contribution is 6.04. The highest BCUT2D eigenvalue weighted by atomic mass is 16.6. The Kier molecular flexibility index (Phi) is 9.57. The molecule has 0 aliphatic heterocycles. The average Bonchev–Trinajstić information content (AvgIpc) is 3.38. The fourth-order valence-electron chi connectivity index (χ4n) is 4.36. The molecule has 9 heteroatoms. The normalized spacial score (nSPS) is 12.3. The Bertz CT molecular complexity index is 1610. The molecule has 0 fully saturated rings. The number of benzene rings is 3. The van der Waals surface area contributed by atoms with Crippen LogP contribution in [0.5, 0.6) is 0 Å². The summed E-state index contributed by atoms with van der Waals surface area (Å²) < 4.78 is 16.5. The number of fused-ring (bicyclic) bond motifs is 1. The number of para-hydroxylation sites is 1. The summed E-state index contributed by atoms with van der Waals surface area (Å²) in [6.07, 6.45) is -0.0258. The Morgan fingerprint density at radius 1 is 0.750 bits per heavy atom. The molecular weight excluding hydrogens is 560 g/mol. The zero-order valence-electron chi connectivity index (χ0n) is 25.9. The maximum atomic E-state index is 13.1. The second-order valence-electron chi connectivity index (χ2n) is 12.4. The maximum Gasteiger partial charge on any atom is 0.329 e. The summed E-state index contributed by atoms with van der Waals surface area (Å²) in [6, 6.07) is 22.3. The first kappa shape index (κ1) is 32.0. The molecule has 0 aliphatic carbocycles. The zero-order valence-corrected chi connectivity index (χ0v) is 25.9. The third-order valence-corrected chi connectivity index (χ3v) is 6.33. The first-order valence-corrected chi connectivity index (χ1v) is 14.4. The largest absolute Gasteiger partial charge is 0.460 e. The van der Waals surface area contributed by atoms with Crippen molar-refractivity contribution in [3.05, 3.63) is 90.2 Å². The van der Waals surface area contributed by atoms with Crippen LogP contribution in [0.25, 0.3) is 22.1 Å². The predicted molar refractivity (Wildman–Crippen MR) is 168 cm³/mol. The van der Waals surface area contributed by atoms with Crippen molar-refractivity contribution in [1.29, 1.82) is 0 Å². The monoisotopic (exact) mass is 598 g/mol. The second kappa shape index (κ2) is 13.2. The first-order chi connectivity index (χ1) is 20.7. The molecule has 3 aromatic carbocycles. The molecule has 1 aromatic heterocycles. The van der Waals surface area contributed by atoms with Crippen molar-refractivity contribution < 1.29 is 33.1 Å². The highest BCUT2D eigenvalue weighted by Crippen LogP contribution is 2.24. The molecule has 2 amide bonds. The molecule has 0 aliphatic rings. The van der Waals surface area contributed by atoms with E-state index in [0.717, 1.165) is 16.5 Å². The quantitative estimate of drug-likeness (QED) is 0.201. The summed E-state index contributed by atoms with van der Waals surface area (Å²) in [4.78, 5) is 50.9. The molecule has 44 heavy (non-hydrogen) atoms. The van der Waals surface area contributed by atoms with E-state index in [1.807, 2.05) is 36.4 Å². The number of nitrogens with one attached hydrogen (secondary N) is 2. The van der Waals surface area contributed by atoms with Crippen LogP contribution in [0.15, 0.2) is 83.3 Å². The van der Waals surface area contributed by atoms with E-state index in [2.05, 4.69) is 10.6 Å². The Hall–Kier alpha value is -4.92. The summed E-state index contributed by atoms with van der Waals surface area (Å²) in [7, 11) is 0. The van der Waals surface area contributed by atoms with E-state index < -0.39 is 35.1 Å². The number of esters is 2. The van der Waals surface area contributed by atoms with Gasteiger partial charge in [-0.15, -0.1) is 0 Å². The molecule has 0 bridgehead atoms. The summed E-state index contributed by atoms with van der Waals surface area (Å²) >= 11 is 0. The maximum absolute atomic E-state index is 13.1. The number of anilines is 1. The molecular formula is C35H38N2O7. The Morgan fingerprint density at radius 3 is 1.93 bits per heavy atom. The van der Waals surface area contributed by atoms with Crippen molar-refractivity contribution in [2.45, 2.75) is 71.6 Å². The molecule has 230 valence electrons. The number of amides is 2. The third-order valence-electron chi connectivity index (χ3n) is 6.33. The molecule has 4 aromatic rings. The van der Waals surface area contributed by atoms with Gasteiger partial charge in [0.1, 0.15) is 22.8 Å². The van der Waals surface area contributed by atoms with Crippen LogP contribution in [0.1, 0.15) is 75.3 Å². The fraction of sp³-hybridized carbons (Fsp3) is 0.314. The molecule has 0 saturated carbocycles. The van der Waals surface area contributed by atoms with E-state index in [0.29, 0.717) is 16.8 Å². The summed E-state index contributed by atoms with van der Waals surface area (Å²) in [6.45, 7) is 10.5. The van der Waals surface area contributed by atoms with Crippen LogP contribution >= 0.6 is 0 Å². The number of carbonyl (C=O) groups excluding carboxylic acids is 4. The van der Waals surface area contributed by atoms with E-state index in [4.69, 9.17) is 13.9 Å². The first-order valence-electron chi connectivity index (χ1n) is 14.4. The van der Waals surface area contributed by atoms with E-state index in [9.17, 15) is 19.2 Å². The van der Waals surface area contributed by atoms with Crippen LogP contribution in [0.3, 0.4) is 0 Å². The van der Waals surface area contributed by atoms with Crippen molar-refractivity contribution in [2.24, 2.45) is 0 Å². The van der Waals surface area contributed by atoms with Gasteiger partial charge in [-0.2, -0.15) is 0 Å². The molecule has 0 saturated heterocycles. The van der Waals surface area contributed by atoms with Gasteiger partial charge in [-0.3, -0.25) is 14.4 Å². The molecule has 0 radical (unpaired) electrons. The van der Waals surface area contributed by atoms with Gasteiger partial charge in [0.25, 0.3) is 11.8 Å². The van der Waals surface area contributed by atoms with Crippen molar-refractivity contribution in [3.8, 4) is 11.1 Å². The van der Waals surface area contributed by atoms with Crippen LogP contribution in [0.4, 0.5) is 5.69 Å². The van der Waals surface area contributed by atoms with Gasteiger partial charge in [0.2, 0.25) is 0 Å². The zero-order chi connectivity index (χ0) is 32.1. The molecule has 2 N–H and O–H groups in total. The van der Waals surface area contributed by atoms with Crippen LogP contribution in [0, 0.1) is 0 Å². The third kappa shape index (κ3) is 9.04. The molecule has 1 heterocycles. The van der Waals surface area contributed by atoms with Gasteiger partial charge >= 0.3 is 11.9 Å². The Balaban J connectivity index is 1.39. The van der Waals surface area contributed by atoms with Gasteiger partial charge in [-0.1, -0.05) is 42.5 Å². The Morgan fingerprint density at radius 2 is 1.34 bits per heavy atom. The number of hydrogen-bond acceptors (Lipinski definition) is 7. The van der Waals surface area contributed by atoms with Gasteiger partial charge in [0.05, 0.1) is 0 Å². The van der Waals surface area contributed by atoms with Gasteiger partial charge in [0.15, 0.2) is 5.76 Å². The SMILES string of the molecule is CC(C)(C)OC(=O)CCC(NC(=O)c1ccc(-c2ccc(NC(=O)c3cc4ccccc4o3)cc2)cc1)C(=O)OC(C)(C)C. The summed E-state index contributed by atoms with van der Waals surface area (Å²) in [5, 5.41) is 6.40. The van der Waals surface area contributed by atoms with E-state index in [-0.39, 0.29) is 24.5 Å². The lowest BCUT2D eigenvalue weighted by atomic mass is 10.0. The second-order valence-corrected chi connectivity index (χ2v) is 12.4. The standard InChI is InChI=1S/C35H38N2O7/c1-34(2,3)43-30(38)20-19-27(33(41)44-35(4,5)6)37-31(39)24-13-11-22(12-14-24)23-15-17-26(18-16-23)36-32(40)29-21-25-9-7-8-10-28(25)42-29/h7-18,21,27H,19-20H2,1-6H3,(H,36,40)(H,37,39). The van der Waals surface area contributed by atoms with Gasteiger partial charge < -0.3 is 24.5 Å². The minimum absolute atomic E-state index is 0.0346. The van der Waals surface area contributed by atoms with E-state index in [1.54, 1.807) is 84.0 Å². The minimum atomic E-state index is -1.03. The Labute approximate surface area is 256 Å². The number of ether oxygens (including phenoxy) is 2. The fourth-order valence-corrected chi connectivity index (χ4v) is 4.36. The van der Waals surface area contributed by atoms with Gasteiger partial charge in [0, 0.05) is 23.1 Å². The average molecular weight is 599 g/mol. The van der Waals surface area contributed by atoms with Crippen LogP contribution in [-0.2, 0) is 19.1 Å². The van der Waals surface area contributed by atoms with Crippen LogP contribution in [-0.4, -0.2) is 41.0 Å².